The van der Waals surface area contributed by atoms with Crippen LogP contribution >= 0.6 is 0 Å². The summed E-state index contributed by atoms with van der Waals surface area (Å²) < 4.78 is 10.8. The van der Waals surface area contributed by atoms with E-state index in [2.05, 4.69) is 15.3 Å². The lowest BCUT2D eigenvalue weighted by Gasteiger charge is -2.22. The van der Waals surface area contributed by atoms with Crippen LogP contribution in [-0.4, -0.2) is 48.7 Å². The van der Waals surface area contributed by atoms with Gasteiger partial charge in [-0.2, -0.15) is 10.2 Å². The number of amides is 1. The highest BCUT2D eigenvalue weighted by Crippen LogP contribution is 2.33. The lowest BCUT2D eigenvalue weighted by molar-refractivity contribution is -0.106. The zero-order valence-corrected chi connectivity index (χ0v) is 17.5. The quantitative estimate of drug-likeness (QED) is 0.267. The third-order valence-corrected chi connectivity index (χ3v) is 4.59. The van der Waals surface area contributed by atoms with Crippen molar-refractivity contribution in [2.75, 3.05) is 26.2 Å². The molecule has 1 heterocycles. The number of H-pyrrole nitrogens is 1. The van der Waals surface area contributed by atoms with Crippen molar-refractivity contribution in [1.82, 2.24) is 15.2 Å². The van der Waals surface area contributed by atoms with Crippen LogP contribution in [-0.2, 0) is 11.3 Å². The number of amidine groups is 1. The Balaban J connectivity index is 1.82. The molecule has 156 valence electrons. The van der Waals surface area contributed by atoms with E-state index in [4.69, 9.17) is 9.47 Å². The smallest absolute Gasteiger partial charge is 0.219 e. The molecule has 1 N–H and O–H groups in total. The normalized spacial score (nSPS) is 11.1. The van der Waals surface area contributed by atoms with E-state index in [1.165, 1.54) is 4.90 Å². The number of nitrogens with zero attached hydrogens (tertiary/aromatic N) is 4. The van der Waals surface area contributed by atoms with E-state index >= 15 is 0 Å². The van der Waals surface area contributed by atoms with Crippen LogP contribution in [0, 0.1) is 0 Å². The van der Waals surface area contributed by atoms with Crippen LogP contribution < -0.4 is 14.4 Å². The van der Waals surface area contributed by atoms with Gasteiger partial charge in [-0.3, -0.25) is 19.8 Å². The molecule has 0 aliphatic carbocycles. The summed E-state index contributed by atoms with van der Waals surface area (Å²) in [5, 5.41) is 13.1. The summed E-state index contributed by atoms with van der Waals surface area (Å²) in [5.41, 5.74) is 3.52. The van der Waals surface area contributed by atoms with Crippen molar-refractivity contribution in [3.8, 4) is 22.6 Å². The number of carbonyl (C=O) groups is 1. The van der Waals surface area contributed by atoms with Crippen LogP contribution in [0.4, 0.5) is 5.69 Å². The molecule has 8 heteroatoms. The highest BCUT2D eigenvalue weighted by molar-refractivity contribution is 6.09. The Morgan fingerprint density at radius 3 is 2.67 bits per heavy atom. The Morgan fingerprint density at radius 1 is 1.17 bits per heavy atom. The van der Waals surface area contributed by atoms with Gasteiger partial charge in [0.1, 0.15) is 17.3 Å². The summed E-state index contributed by atoms with van der Waals surface area (Å²) in [4.78, 5) is 13.3. The Labute approximate surface area is 175 Å². The molecule has 0 saturated carbocycles. The summed E-state index contributed by atoms with van der Waals surface area (Å²) in [6, 6.07) is 13.4. The summed E-state index contributed by atoms with van der Waals surface area (Å²) >= 11 is 0. The summed E-state index contributed by atoms with van der Waals surface area (Å²) in [6.07, 6.45) is 4.26. The van der Waals surface area contributed by atoms with E-state index in [-0.39, 0.29) is 0 Å². The molecule has 8 nitrogen and oxygen atoms in total. The fourth-order valence-corrected chi connectivity index (χ4v) is 3.14. The zero-order chi connectivity index (χ0) is 21.5. The monoisotopic (exact) mass is 407 g/mol. The van der Waals surface area contributed by atoms with Gasteiger partial charge in [-0.05, 0) is 42.3 Å². The first-order valence-electron chi connectivity index (χ1n) is 9.36. The molecule has 0 aliphatic heterocycles. The van der Waals surface area contributed by atoms with Crippen LogP contribution in [0.3, 0.4) is 0 Å². The number of carbonyl (C=O) groups excluding carboxylic acids is 1. The Kier molecular flexibility index (Phi) is 6.69. The van der Waals surface area contributed by atoms with Crippen molar-refractivity contribution in [1.29, 1.82) is 0 Å². The van der Waals surface area contributed by atoms with Crippen LogP contribution in [0.15, 0.2) is 60.0 Å². The number of aromatic nitrogens is 2. The Morgan fingerprint density at radius 2 is 2.00 bits per heavy atom. The van der Waals surface area contributed by atoms with Gasteiger partial charge in [0.15, 0.2) is 0 Å². The topological polar surface area (TPSA) is 83.0 Å². The highest BCUT2D eigenvalue weighted by Gasteiger charge is 2.16. The molecular formula is C22H25N5O3. The molecule has 0 unspecified atom stereocenters. The number of hydrogen-bond donors (Lipinski definition) is 1. The molecular weight excluding hydrogens is 382 g/mol. The SMILES string of the molecule is COc1cccc(CN(C)/N=C(/C)N(C=O)c2ccc(-c3cn[nH]c3)cc2OC)c1. The van der Waals surface area contributed by atoms with Crippen molar-refractivity contribution in [3.05, 3.63) is 60.4 Å². The first-order valence-corrected chi connectivity index (χ1v) is 9.36. The maximum Gasteiger partial charge on any atom is 0.219 e. The number of benzene rings is 2. The molecule has 0 aliphatic rings. The second-order valence-corrected chi connectivity index (χ2v) is 6.66. The molecule has 2 aromatic carbocycles. The number of methoxy groups -OCH3 is 2. The number of anilines is 1. The van der Waals surface area contributed by atoms with E-state index in [9.17, 15) is 4.79 Å². The predicted molar refractivity (Wildman–Crippen MR) is 117 cm³/mol. The average Bonchev–Trinajstić information content (AvgIpc) is 3.29. The molecule has 1 amide bonds. The molecule has 0 fully saturated rings. The first-order chi connectivity index (χ1) is 14.5. The minimum absolute atomic E-state index is 0.518. The second-order valence-electron chi connectivity index (χ2n) is 6.66. The van der Waals surface area contributed by atoms with Gasteiger partial charge in [-0.25, -0.2) is 0 Å². The standard InChI is InChI=1S/C22H25N5O3/c1-16(25-26(2)14-17-6-5-7-20(10-17)29-3)27(15-28)21-9-8-18(11-22(21)30-4)19-12-23-24-13-19/h5-13,15H,14H2,1-4H3,(H,23,24)/b25-16-. The Bertz CT molecular complexity index is 1020. The summed E-state index contributed by atoms with van der Waals surface area (Å²) in [7, 11) is 5.06. The Hall–Kier alpha value is -3.81. The third-order valence-electron chi connectivity index (χ3n) is 4.59. The number of hydrazone groups is 1. The molecule has 0 atom stereocenters. The lowest BCUT2D eigenvalue weighted by Crippen LogP contribution is -2.29. The van der Waals surface area contributed by atoms with Gasteiger partial charge in [0, 0.05) is 18.8 Å². The largest absolute Gasteiger partial charge is 0.497 e. The maximum atomic E-state index is 11.9. The summed E-state index contributed by atoms with van der Waals surface area (Å²) in [6.45, 7) is 2.34. The highest BCUT2D eigenvalue weighted by atomic mass is 16.5. The van der Waals surface area contributed by atoms with Crippen LogP contribution in [0.25, 0.3) is 11.1 Å². The van der Waals surface area contributed by atoms with E-state index < -0.39 is 0 Å². The van der Waals surface area contributed by atoms with Gasteiger partial charge in [0.2, 0.25) is 6.41 Å². The minimum atomic E-state index is 0.518. The van der Waals surface area contributed by atoms with Crippen molar-refractivity contribution in [3.63, 3.8) is 0 Å². The molecule has 0 radical (unpaired) electrons. The lowest BCUT2D eigenvalue weighted by atomic mass is 10.1. The van der Waals surface area contributed by atoms with Crippen LogP contribution in [0.5, 0.6) is 11.5 Å². The van der Waals surface area contributed by atoms with E-state index in [0.29, 0.717) is 23.8 Å². The van der Waals surface area contributed by atoms with Gasteiger partial charge >= 0.3 is 0 Å². The van der Waals surface area contributed by atoms with Gasteiger partial charge in [0.25, 0.3) is 0 Å². The van der Waals surface area contributed by atoms with Crippen molar-refractivity contribution in [2.24, 2.45) is 5.10 Å². The fraction of sp³-hybridized carbons (Fsp3) is 0.227. The molecule has 1 aromatic heterocycles. The average molecular weight is 407 g/mol. The second kappa shape index (κ2) is 9.60. The molecule has 0 saturated heterocycles. The first kappa shape index (κ1) is 20.9. The van der Waals surface area contributed by atoms with Crippen molar-refractivity contribution >= 4 is 17.9 Å². The number of rotatable bonds is 8. The van der Waals surface area contributed by atoms with Crippen LogP contribution in [0.2, 0.25) is 0 Å². The predicted octanol–water partition coefficient (Wildman–Crippen LogP) is 3.52. The van der Waals surface area contributed by atoms with Gasteiger partial charge in [-0.1, -0.05) is 18.2 Å². The van der Waals surface area contributed by atoms with E-state index in [1.807, 2.05) is 49.5 Å². The van der Waals surface area contributed by atoms with Crippen LogP contribution in [0.1, 0.15) is 12.5 Å². The number of nitrogens with one attached hydrogen (secondary N) is 1. The van der Waals surface area contributed by atoms with Crippen molar-refractivity contribution < 1.29 is 14.3 Å². The number of hydrogen-bond acceptors (Lipinski definition) is 6. The molecule has 30 heavy (non-hydrogen) atoms. The number of aromatic amines is 1. The minimum Gasteiger partial charge on any atom is -0.497 e. The fourth-order valence-electron chi connectivity index (χ4n) is 3.14. The molecule has 3 rings (SSSR count). The third kappa shape index (κ3) is 4.78. The van der Waals surface area contributed by atoms with Gasteiger partial charge < -0.3 is 9.47 Å². The maximum absolute atomic E-state index is 11.9. The molecule has 3 aromatic rings. The molecule has 0 spiro atoms. The van der Waals surface area contributed by atoms with Gasteiger partial charge in [-0.15, -0.1) is 0 Å². The van der Waals surface area contributed by atoms with E-state index in [0.717, 1.165) is 28.8 Å². The number of ether oxygens (including phenoxy) is 2. The van der Waals surface area contributed by atoms with Crippen molar-refractivity contribution in [2.45, 2.75) is 13.5 Å². The van der Waals surface area contributed by atoms with E-state index in [1.54, 1.807) is 38.5 Å². The molecule has 0 bridgehead atoms. The summed E-state index contributed by atoms with van der Waals surface area (Å²) in [5.74, 6) is 1.87. The van der Waals surface area contributed by atoms with Gasteiger partial charge in [0.05, 0.1) is 32.6 Å². The zero-order valence-electron chi connectivity index (χ0n) is 17.5.